The summed E-state index contributed by atoms with van der Waals surface area (Å²) in [5, 5.41) is 3.76. The van der Waals surface area contributed by atoms with Gasteiger partial charge in [0.15, 0.2) is 0 Å². The molecular formula is C17H33NO. The van der Waals surface area contributed by atoms with E-state index >= 15 is 0 Å². The Morgan fingerprint density at radius 2 is 1.95 bits per heavy atom. The lowest BCUT2D eigenvalue weighted by Crippen LogP contribution is -2.45. The lowest BCUT2D eigenvalue weighted by atomic mass is 9.79. The highest BCUT2D eigenvalue weighted by molar-refractivity contribution is 4.94. The standard InChI is InChI=1S/C17H33NO/c1-4-18-16(8-7-14(2)3)15-9-12-19-17(13-15)10-5-6-11-17/h14-16,18H,4-13H2,1-3H3. The van der Waals surface area contributed by atoms with Crippen LogP contribution in [0.25, 0.3) is 0 Å². The van der Waals surface area contributed by atoms with Crippen LogP contribution in [0.4, 0.5) is 0 Å². The molecule has 0 amide bonds. The highest BCUT2D eigenvalue weighted by Crippen LogP contribution is 2.43. The summed E-state index contributed by atoms with van der Waals surface area (Å²) in [6.07, 6.45) is 10.6. The highest BCUT2D eigenvalue weighted by atomic mass is 16.5. The highest BCUT2D eigenvalue weighted by Gasteiger charge is 2.41. The maximum absolute atomic E-state index is 6.18. The Hall–Kier alpha value is -0.0800. The molecule has 0 aromatic rings. The van der Waals surface area contributed by atoms with E-state index < -0.39 is 0 Å². The van der Waals surface area contributed by atoms with Crippen molar-refractivity contribution in [3.8, 4) is 0 Å². The molecule has 1 heterocycles. The molecule has 1 spiro atoms. The molecule has 2 rings (SSSR count). The van der Waals surface area contributed by atoms with E-state index in [1.165, 1.54) is 51.4 Å². The van der Waals surface area contributed by atoms with Gasteiger partial charge in [0.25, 0.3) is 0 Å². The fourth-order valence-corrected chi connectivity index (χ4v) is 4.06. The first kappa shape index (κ1) is 15.3. The molecule has 2 nitrogen and oxygen atoms in total. The molecule has 1 saturated heterocycles. The molecule has 2 atom stereocenters. The quantitative estimate of drug-likeness (QED) is 0.781. The zero-order chi connectivity index (χ0) is 13.7. The summed E-state index contributed by atoms with van der Waals surface area (Å²) in [7, 11) is 0. The summed E-state index contributed by atoms with van der Waals surface area (Å²) in [5.41, 5.74) is 0.272. The average Bonchev–Trinajstić information content (AvgIpc) is 2.82. The second-order valence-electron chi connectivity index (χ2n) is 7.13. The van der Waals surface area contributed by atoms with E-state index in [-0.39, 0.29) is 5.60 Å². The van der Waals surface area contributed by atoms with Crippen LogP contribution in [0, 0.1) is 11.8 Å². The van der Waals surface area contributed by atoms with Gasteiger partial charge in [-0.2, -0.15) is 0 Å². The molecule has 1 N–H and O–H groups in total. The second-order valence-corrected chi connectivity index (χ2v) is 7.13. The lowest BCUT2D eigenvalue weighted by molar-refractivity contribution is -0.0983. The van der Waals surface area contributed by atoms with E-state index in [1.807, 2.05) is 0 Å². The molecule has 112 valence electrons. The Morgan fingerprint density at radius 3 is 2.58 bits per heavy atom. The Bertz CT molecular complexity index is 258. The first-order valence-electron chi connectivity index (χ1n) is 8.52. The third kappa shape index (κ3) is 4.19. The zero-order valence-electron chi connectivity index (χ0n) is 13.2. The van der Waals surface area contributed by atoms with E-state index in [1.54, 1.807) is 0 Å². The van der Waals surface area contributed by atoms with Gasteiger partial charge in [-0.1, -0.05) is 33.6 Å². The van der Waals surface area contributed by atoms with Crippen molar-refractivity contribution in [2.45, 2.75) is 83.8 Å². The van der Waals surface area contributed by atoms with E-state index in [0.717, 1.165) is 25.0 Å². The van der Waals surface area contributed by atoms with Crippen molar-refractivity contribution >= 4 is 0 Å². The Labute approximate surface area is 119 Å². The van der Waals surface area contributed by atoms with Crippen LogP contribution in [0.2, 0.25) is 0 Å². The minimum Gasteiger partial charge on any atom is -0.375 e. The van der Waals surface area contributed by atoms with E-state index in [2.05, 4.69) is 26.1 Å². The van der Waals surface area contributed by atoms with Gasteiger partial charge < -0.3 is 10.1 Å². The first-order chi connectivity index (χ1) is 9.15. The van der Waals surface area contributed by atoms with Crippen molar-refractivity contribution in [3.63, 3.8) is 0 Å². The van der Waals surface area contributed by atoms with Gasteiger partial charge in [-0.3, -0.25) is 0 Å². The number of rotatable bonds is 6. The summed E-state index contributed by atoms with van der Waals surface area (Å²) < 4.78 is 6.18. The topological polar surface area (TPSA) is 21.3 Å². The molecule has 2 fully saturated rings. The maximum atomic E-state index is 6.18. The molecule has 2 aliphatic rings. The SMILES string of the molecule is CCNC(CCC(C)C)C1CCOC2(CCCC2)C1. The third-order valence-corrected chi connectivity index (χ3v) is 5.14. The first-order valence-corrected chi connectivity index (χ1v) is 8.52. The molecule has 1 aliphatic heterocycles. The summed E-state index contributed by atoms with van der Waals surface area (Å²) in [6.45, 7) is 9.02. The summed E-state index contributed by atoms with van der Waals surface area (Å²) in [6, 6.07) is 0.716. The van der Waals surface area contributed by atoms with Crippen LogP contribution in [0.15, 0.2) is 0 Å². The third-order valence-electron chi connectivity index (χ3n) is 5.14. The molecule has 1 saturated carbocycles. The molecule has 0 aromatic carbocycles. The molecule has 0 radical (unpaired) electrons. The summed E-state index contributed by atoms with van der Waals surface area (Å²) in [4.78, 5) is 0. The van der Waals surface area contributed by atoms with Crippen LogP contribution in [0.5, 0.6) is 0 Å². The van der Waals surface area contributed by atoms with Gasteiger partial charge in [0.2, 0.25) is 0 Å². The van der Waals surface area contributed by atoms with Crippen molar-refractivity contribution in [3.05, 3.63) is 0 Å². The van der Waals surface area contributed by atoms with Gasteiger partial charge in [0.05, 0.1) is 5.60 Å². The predicted molar refractivity (Wildman–Crippen MR) is 81.4 cm³/mol. The average molecular weight is 267 g/mol. The minimum atomic E-state index is 0.272. The van der Waals surface area contributed by atoms with Crippen LogP contribution >= 0.6 is 0 Å². The molecule has 0 bridgehead atoms. The van der Waals surface area contributed by atoms with Gasteiger partial charge in [-0.05, 0) is 56.9 Å². The van der Waals surface area contributed by atoms with Crippen LogP contribution < -0.4 is 5.32 Å². The molecule has 2 unspecified atom stereocenters. The number of hydrogen-bond donors (Lipinski definition) is 1. The number of hydrogen-bond acceptors (Lipinski definition) is 2. The van der Waals surface area contributed by atoms with Crippen LogP contribution in [-0.2, 0) is 4.74 Å². The van der Waals surface area contributed by atoms with E-state index in [4.69, 9.17) is 4.74 Å². The second kappa shape index (κ2) is 7.08. The fraction of sp³-hybridized carbons (Fsp3) is 1.00. The zero-order valence-corrected chi connectivity index (χ0v) is 13.2. The van der Waals surface area contributed by atoms with Gasteiger partial charge >= 0.3 is 0 Å². The van der Waals surface area contributed by atoms with Crippen molar-refractivity contribution in [1.82, 2.24) is 5.32 Å². The Balaban J connectivity index is 1.91. The van der Waals surface area contributed by atoms with E-state index in [9.17, 15) is 0 Å². The van der Waals surface area contributed by atoms with Crippen molar-refractivity contribution < 1.29 is 4.74 Å². The molecule has 1 aliphatic carbocycles. The van der Waals surface area contributed by atoms with Crippen LogP contribution in [0.1, 0.15) is 72.1 Å². The smallest absolute Gasteiger partial charge is 0.0685 e. The van der Waals surface area contributed by atoms with Gasteiger partial charge in [-0.15, -0.1) is 0 Å². The maximum Gasteiger partial charge on any atom is 0.0685 e. The number of nitrogens with one attached hydrogen (secondary N) is 1. The normalized spacial score (nSPS) is 28.1. The molecular weight excluding hydrogens is 234 g/mol. The van der Waals surface area contributed by atoms with Gasteiger partial charge in [-0.25, -0.2) is 0 Å². The van der Waals surface area contributed by atoms with E-state index in [0.29, 0.717) is 6.04 Å². The van der Waals surface area contributed by atoms with Gasteiger partial charge in [0.1, 0.15) is 0 Å². The Kier molecular flexibility index (Phi) is 5.70. The lowest BCUT2D eigenvalue weighted by Gasteiger charge is -2.41. The van der Waals surface area contributed by atoms with Crippen LogP contribution in [0.3, 0.4) is 0 Å². The number of ether oxygens (including phenoxy) is 1. The monoisotopic (exact) mass is 267 g/mol. The summed E-state index contributed by atoms with van der Waals surface area (Å²) >= 11 is 0. The van der Waals surface area contributed by atoms with Crippen molar-refractivity contribution in [1.29, 1.82) is 0 Å². The summed E-state index contributed by atoms with van der Waals surface area (Å²) in [5.74, 6) is 1.66. The predicted octanol–water partition coefficient (Wildman–Crippen LogP) is 4.14. The van der Waals surface area contributed by atoms with Crippen LogP contribution in [-0.4, -0.2) is 24.8 Å². The van der Waals surface area contributed by atoms with Crippen molar-refractivity contribution in [2.24, 2.45) is 11.8 Å². The molecule has 0 aromatic heterocycles. The Morgan fingerprint density at radius 1 is 1.21 bits per heavy atom. The van der Waals surface area contributed by atoms with Gasteiger partial charge in [0, 0.05) is 12.6 Å². The largest absolute Gasteiger partial charge is 0.375 e. The molecule has 19 heavy (non-hydrogen) atoms. The fourth-order valence-electron chi connectivity index (χ4n) is 4.06. The van der Waals surface area contributed by atoms with Crippen molar-refractivity contribution in [2.75, 3.05) is 13.2 Å². The molecule has 2 heteroatoms. The minimum absolute atomic E-state index is 0.272.